The number of nitrogens with zero attached hydrogens (tertiary/aromatic N) is 1. The topological polar surface area (TPSA) is 66.8 Å². The second-order valence-electron chi connectivity index (χ2n) is 8.49. The van der Waals surface area contributed by atoms with Crippen molar-refractivity contribution in [2.45, 2.75) is 64.9 Å². The number of aliphatic hydroxyl groups is 1. The number of hydrogen-bond donors (Lipinski definition) is 1. The van der Waals surface area contributed by atoms with Crippen LogP contribution in [0.3, 0.4) is 0 Å². The zero-order valence-electron chi connectivity index (χ0n) is 19.5. The average Bonchev–Trinajstić information content (AvgIpc) is 3.01. The number of carbonyl (C=O) groups is 2. The molecule has 0 bridgehead atoms. The van der Waals surface area contributed by atoms with Gasteiger partial charge in [-0.3, -0.25) is 9.59 Å². The fraction of sp³-hybridized carbons (Fsp3) is 0.481. The first-order valence-electron chi connectivity index (χ1n) is 11.9. The number of carbonyl (C=O) groups excluding carboxylic acids is 2. The lowest BCUT2D eigenvalue weighted by atomic mass is 9.87. The van der Waals surface area contributed by atoms with Crippen LogP contribution in [0.25, 0.3) is 0 Å². The summed E-state index contributed by atoms with van der Waals surface area (Å²) in [4.78, 5) is 28.7. The highest BCUT2D eigenvalue weighted by Crippen LogP contribution is 2.42. The Kier molecular flexibility index (Phi) is 8.08. The number of benzene rings is 2. The van der Waals surface area contributed by atoms with Crippen molar-refractivity contribution in [3.8, 4) is 5.75 Å². The third kappa shape index (κ3) is 4.58. The monoisotopic (exact) mass is 437 g/mol. The highest BCUT2D eigenvalue weighted by atomic mass is 16.5. The summed E-state index contributed by atoms with van der Waals surface area (Å²) in [6.07, 6.45) is 6.16. The molecular weight excluding hydrogens is 402 g/mol. The highest BCUT2D eigenvalue weighted by Gasteiger charge is 2.54. The molecule has 0 radical (unpaired) electrons. The predicted octanol–water partition coefficient (Wildman–Crippen LogP) is 5.54. The number of ketones is 2. The van der Waals surface area contributed by atoms with Gasteiger partial charge in [-0.15, -0.1) is 0 Å². The highest BCUT2D eigenvalue weighted by molar-refractivity contribution is 6.32. The minimum Gasteiger partial charge on any atom is -0.493 e. The van der Waals surface area contributed by atoms with E-state index >= 15 is 0 Å². The van der Waals surface area contributed by atoms with Gasteiger partial charge in [0.25, 0.3) is 0 Å². The van der Waals surface area contributed by atoms with Gasteiger partial charge in [0, 0.05) is 41.5 Å². The molecule has 2 aromatic carbocycles. The fourth-order valence-electron chi connectivity index (χ4n) is 4.14. The van der Waals surface area contributed by atoms with Crippen LogP contribution in [0.15, 0.2) is 42.5 Å². The number of unbranched alkanes of at least 4 members (excludes halogenated alkanes) is 3. The number of rotatable bonds is 12. The van der Waals surface area contributed by atoms with E-state index in [-0.39, 0.29) is 16.7 Å². The van der Waals surface area contributed by atoms with Gasteiger partial charge in [0.15, 0.2) is 0 Å². The minimum atomic E-state index is -2.25. The summed E-state index contributed by atoms with van der Waals surface area (Å²) in [5.41, 5.74) is -0.510. The van der Waals surface area contributed by atoms with Gasteiger partial charge < -0.3 is 14.7 Å². The van der Waals surface area contributed by atoms with Gasteiger partial charge in [-0.25, -0.2) is 0 Å². The Hall–Kier alpha value is -2.66. The van der Waals surface area contributed by atoms with Crippen molar-refractivity contribution in [1.82, 2.24) is 0 Å². The second kappa shape index (κ2) is 10.8. The fourth-order valence-corrected chi connectivity index (χ4v) is 4.14. The van der Waals surface area contributed by atoms with Crippen LogP contribution in [0.2, 0.25) is 0 Å². The van der Waals surface area contributed by atoms with Crippen molar-refractivity contribution in [3.05, 3.63) is 59.2 Å². The molecule has 1 aliphatic carbocycles. The normalized spacial score (nSPS) is 14.5. The molecular formula is C27H35NO4. The summed E-state index contributed by atoms with van der Waals surface area (Å²) in [7, 11) is 0. The lowest BCUT2D eigenvalue weighted by Gasteiger charge is -2.28. The van der Waals surface area contributed by atoms with E-state index in [1.54, 1.807) is 30.3 Å². The zero-order valence-corrected chi connectivity index (χ0v) is 19.5. The third-order valence-electron chi connectivity index (χ3n) is 6.11. The number of Topliss-reactive ketones (excluding diaryl/α,β-unsaturated/α-hetero) is 2. The average molecular weight is 438 g/mol. The quantitative estimate of drug-likeness (QED) is 0.349. The standard InChI is InChI=1S/C27H35NO4/c1-4-7-16-28(17-8-5-2)20-14-15-23(24(19-20)32-18-9-6-3)27(31)25(29)21-12-10-11-13-22(21)26(27)30/h10-15,19,31H,4-9,16-18H2,1-3H3. The Bertz CT molecular complexity index is 909. The maximum absolute atomic E-state index is 13.2. The molecule has 0 unspecified atom stereocenters. The number of fused-ring (bicyclic) bond motifs is 1. The Labute approximate surface area is 191 Å². The van der Waals surface area contributed by atoms with Crippen LogP contribution in [0.4, 0.5) is 5.69 Å². The predicted molar refractivity (Wildman–Crippen MR) is 128 cm³/mol. The van der Waals surface area contributed by atoms with Crippen molar-refractivity contribution in [2.24, 2.45) is 0 Å². The zero-order chi connectivity index (χ0) is 23.1. The molecule has 1 aliphatic rings. The van der Waals surface area contributed by atoms with Crippen molar-refractivity contribution in [3.63, 3.8) is 0 Å². The molecule has 0 aliphatic heterocycles. The van der Waals surface area contributed by atoms with E-state index in [1.807, 2.05) is 12.1 Å². The van der Waals surface area contributed by atoms with E-state index in [0.29, 0.717) is 12.4 Å². The molecule has 0 aromatic heterocycles. The SMILES string of the molecule is CCCCOc1cc(N(CCCC)CCCC)ccc1C1(O)C(=O)c2ccccc2C1=O. The molecule has 2 aromatic rings. The van der Waals surface area contributed by atoms with Crippen LogP contribution in [-0.4, -0.2) is 36.4 Å². The summed E-state index contributed by atoms with van der Waals surface area (Å²) >= 11 is 0. The molecule has 0 amide bonds. The van der Waals surface area contributed by atoms with E-state index in [1.165, 1.54) is 0 Å². The summed E-state index contributed by atoms with van der Waals surface area (Å²) in [6, 6.07) is 12.1. The number of ether oxygens (including phenoxy) is 1. The van der Waals surface area contributed by atoms with Gasteiger partial charge in [-0.05, 0) is 31.4 Å². The molecule has 0 atom stereocenters. The molecule has 3 rings (SSSR count). The van der Waals surface area contributed by atoms with Crippen LogP contribution in [0, 0.1) is 0 Å². The van der Waals surface area contributed by atoms with Crippen molar-refractivity contribution < 1.29 is 19.4 Å². The van der Waals surface area contributed by atoms with E-state index in [4.69, 9.17) is 4.74 Å². The van der Waals surface area contributed by atoms with Crippen LogP contribution in [0.5, 0.6) is 5.75 Å². The smallest absolute Gasteiger partial charge is 0.220 e. The van der Waals surface area contributed by atoms with Crippen molar-refractivity contribution in [1.29, 1.82) is 0 Å². The van der Waals surface area contributed by atoms with Gasteiger partial charge in [0.05, 0.1) is 6.61 Å². The van der Waals surface area contributed by atoms with Crippen LogP contribution in [-0.2, 0) is 5.60 Å². The largest absolute Gasteiger partial charge is 0.493 e. The van der Waals surface area contributed by atoms with Gasteiger partial charge in [0.2, 0.25) is 17.2 Å². The lowest BCUT2D eigenvalue weighted by Crippen LogP contribution is -2.38. The first kappa shape index (κ1) is 24.0. The van der Waals surface area contributed by atoms with E-state index in [9.17, 15) is 14.7 Å². The summed E-state index contributed by atoms with van der Waals surface area (Å²) in [5, 5.41) is 11.5. The van der Waals surface area contributed by atoms with Crippen LogP contribution in [0.1, 0.15) is 85.6 Å². The molecule has 5 heteroatoms. The molecule has 1 N–H and O–H groups in total. The third-order valence-corrected chi connectivity index (χ3v) is 6.11. The molecule has 0 saturated carbocycles. The second-order valence-corrected chi connectivity index (χ2v) is 8.49. The molecule has 0 heterocycles. The van der Waals surface area contributed by atoms with Crippen molar-refractivity contribution in [2.75, 3.05) is 24.6 Å². The minimum absolute atomic E-state index is 0.231. The van der Waals surface area contributed by atoms with Gasteiger partial charge in [-0.1, -0.05) is 64.3 Å². The Balaban J connectivity index is 2.03. The van der Waals surface area contributed by atoms with Crippen LogP contribution < -0.4 is 9.64 Å². The maximum atomic E-state index is 13.2. The van der Waals surface area contributed by atoms with Gasteiger partial charge in [0.1, 0.15) is 5.75 Å². The maximum Gasteiger partial charge on any atom is 0.220 e. The molecule has 5 nitrogen and oxygen atoms in total. The van der Waals surface area contributed by atoms with Gasteiger partial charge in [-0.2, -0.15) is 0 Å². The first-order chi connectivity index (χ1) is 15.5. The van der Waals surface area contributed by atoms with E-state index in [2.05, 4.69) is 25.7 Å². The summed E-state index contributed by atoms with van der Waals surface area (Å²) in [6.45, 7) is 8.74. The molecule has 0 saturated heterocycles. The number of hydrogen-bond acceptors (Lipinski definition) is 5. The number of anilines is 1. The van der Waals surface area contributed by atoms with Crippen molar-refractivity contribution >= 4 is 17.3 Å². The molecule has 0 spiro atoms. The lowest BCUT2D eigenvalue weighted by molar-refractivity contribution is 0.0310. The first-order valence-corrected chi connectivity index (χ1v) is 11.9. The Morgan fingerprint density at radius 3 is 1.94 bits per heavy atom. The molecule has 32 heavy (non-hydrogen) atoms. The van der Waals surface area contributed by atoms with Crippen LogP contribution >= 0.6 is 0 Å². The van der Waals surface area contributed by atoms with E-state index in [0.717, 1.165) is 57.3 Å². The van der Waals surface area contributed by atoms with E-state index < -0.39 is 17.2 Å². The molecule has 172 valence electrons. The van der Waals surface area contributed by atoms with Gasteiger partial charge >= 0.3 is 0 Å². The Morgan fingerprint density at radius 1 is 0.844 bits per heavy atom. The Morgan fingerprint density at radius 2 is 1.41 bits per heavy atom. The summed E-state index contributed by atoms with van der Waals surface area (Å²) < 4.78 is 6.06. The summed E-state index contributed by atoms with van der Waals surface area (Å²) in [5.74, 6) is -0.758. The molecule has 0 fully saturated rings.